The Hall–Kier alpha value is -1.32. The number of unbranched alkanes of at least 4 members (excludes halogenated alkanes) is 4. The van der Waals surface area contributed by atoms with Crippen LogP contribution in [0.4, 0.5) is 0 Å². The first-order valence-electron chi connectivity index (χ1n) is 5.59. The van der Waals surface area contributed by atoms with Crippen LogP contribution in [0.2, 0.25) is 0 Å². The van der Waals surface area contributed by atoms with Crippen molar-refractivity contribution in [2.45, 2.75) is 51.9 Å². The Labute approximate surface area is 97.0 Å². The van der Waals surface area contributed by atoms with Gasteiger partial charge in [-0.3, -0.25) is 9.59 Å². The third-order valence-corrected chi connectivity index (χ3v) is 1.81. The fourth-order valence-corrected chi connectivity index (χ4v) is 0.929. The van der Waals surface area contributed by atoms with Crippen LogP contribution in [0.15, 0.2) is 12.7 Å². The maximum Gasteiger partial charge on any atom is 0.303 e. The van der Waals surface area contributed by atoms with Crippen molar-refractivity contribution in [3.63, 3.8) is 0 Å². The lowest BCUT2D eigenvalue weighted by Crippen LogP contribution is -2.00. The van der Waals surface area contributed by atoms with E-state index < -0.39 is 11.9 Å². The summed E-state index contributed by atoms with van der Waals surface area (Å²) in [7, 11) is 0. The predicted molar refractivity (Wildman–Crippen MR) is 63.5 cm³/mol. The minimum atomic E-state index is -1.08. The summed E-state index contributed by atoms with van der Waals surface area (Å²) in [5.41, 5.74) is 0. The van der Waals surface area contributed by atoms with Crippen molar-refractivity contribution < 1.29 is 19.8 Å². The Morgan fingerprint density at radius 2 is 1.56 bits per heavy atom. The number of hydrogen-bond donors (Lipinski definition) is 2. The summed E-state index contributed by atoms with van der Waals surface area (Å²) in [6.07, 6.45) is 8.02. The summed E-state index contributed by atoms with van der Waals surface area (Å²) >= 11 is 0. The first-order valence-corrected chi connectivity index (χ1v) is 5.59. The van der Waals surface area contributed by atoms with Gasteiger partial charge in [0, 0.05) is 0 Å². The normalized spacial score (nSPS) is 8.81. The first-order chi connectivity index (χ1) is 7.54. The minimum Gasteiger partial charge on any atom is -0.481 e. The van der Waals surface area contributed by atoms with Crippen LogP contribution in [-0.4, -0.2) is 22.2 Å². The molecule has 0 aliphatic carbocycles. The smallest absolute Gasteiger partial charge is 0.303 e. The molecule has 0 fully saturated rings. The largest absolute Gasteiger partial charge is 0.481 e. The Morgan fingerprint density at radius 1 is 1.06 bits per heavy atom. The van der Waals surface area contributed by atoms with Crippen molar-refractivity contribution in [2.75, 3.05) is 0 Å². The van der Waals surface area contributed by atoms with Gasteiger partial charge >= 0.3 is 11.9 Å². The maximum absolute atomic E-state index is 9.64. The molecule has 4 nitrogen and oxygen atoms in total. The molecule has 16 heavy (non-hydrogen) atoms. The number of rotatable bonds is 8. The van der Waals surface area contributed by atoms with Crippen LogP contribution in [-0.2, 0) is 9.59 Å². The highest BCUT2D eigenvalue weighted by molar-refractivity contribution is 5.75. The second-order valence-corrected chi connectivity index (χ2v) is 3.43. The van der Waals surface area contributed by atoms with Crippen molar-refractivity contribution in [2.24, 2.45) is 0 Å². The highest BCUT2D eigenvalue weighted by atomic mass is 16.4. The van der Waals surface area contributed by atoms with Gasteiger partial charge in [0.2, 0.25) is 0 Å². The second kappa shape index (κ2) is 13.7. The summed E-state index contributed by atoms with van der Waals surface area (Å²) in [6, 6.07) is 0. The van der Waals surface area contributed by atoms with Gasteiger partial charge in [0.05, 0.1) is 12.8 Å². The Morgan fingerprint density at radius 3 is 1.88 bits per heavy atom. The quantitative estimate of drug-likeness (QED) is 0.496. The highest BCUT2D eigenvalue weighted by Crippen LogP contribution is 2.01. The molecule has 0 aromatic carbocycles. The molecule has 0 saturated carbocycles. The van der Waals surface area contributed by atoms with Gasteiger partial charge in [0.25, 0.3) is 0 Å². The number of carboxylic acids is 2. The molecular formula is C12H22O4. The van der Waals surface area contributed by atoms with Gasteiger partial charge in [0.15, 0.2) is 0 Å². The van der Waals surface area contributed by atoms with Crippen molar-refractivity contribution >= 4 is 11.9 Å². The summed E-state index contributed by atoms with van der Waals surface area (Å²) < 4.78 is 0. The Bertz CT molecular complexity index is 185. The van der Waals surface area contributed by atoms with E-state index in [9.17, 15) is 9.59 Å². The second-order valence-electron chi connectivity index (χ2n) is 3.43. The molecule has 0 spiro atoms. The zero-order valence-corrected chi connectivity index (χ0v) is 9.95. The van der Waals surface area contributed by atoms with E-state index in [1.54, 1.807) is 0 Å². The predicted octanol–water partition coefficient (Wildman–Crippen LogP) is 3.08. The molecule has 0 unspecified atom stereocenters. The molecule has 0 aromatic heterocycles. The van der Waals surface area contributed by atoms with Gasteiger partial charge in [-0.15, -0.1) is 6.58 Å². The van der Waals surface area contributed by atoms with E-state index >= 15 is 0 Å². The van der Waals surface area contributed by atoms with E-state index in [0.717, 1.165) is 0 Å². The van der Waals surface area contributed by atoms with Crippen LogP contribution in [0.3, 0.4) is 0 Å². The van der Waals surface area contributed by atoms with Crippen LogP contribution in [0.25, 0.3) is 0 Å². The van der Waals surface area contributed by atoms with E-state index in [0.29, 0.717) is 0 Å². The molecule has 0 heterocycles. The number of hydrogen-bond acceptors (Lipinski definition) is 2. The lowest BCUT2D eigenvalue weighted by Gasteiger charge is -1.91. The van der Waals surface area contributed by atoms with E-state index in [1.165, 1.54) is 32.1 Å². The first kappa shape index (κ1) is 17.1. The lowest BCUT2D eigenvalue weighted by molar-refractivity contribution is -0.143. The Balaban J connectivity index is 0. The summed E-state index contributed by atoms with van der Waals surface area (Å²) in [6.45, 7) is 5.89. The molecule has 2 N–H and O–H groups in total. The van der Waals surface area contributed by atoms with Crippen LogP contribution >= 0.6 is 0 Å². The van der Waals surface area contributed by atoms with Gasteiger partial charge in [-0.25, -0.2) is 0 Å². The third kappa shape index (κ3) is 23.0. The lowest BCUT2D eigenvalue weighted by atomic mass is 10.2. The van der Waals surface area contributed by atoms with Gasteiger partial charge in [0.1, 0.15) is 0 Å². The van der Waals surface area contributed by atoms with Crippen molar-refractivity contribution in [3.05, 3.63) is 12.7 Å². The number of carbonyl (C=O) groups is 2. The molecule has 0 bridgehead atoms. The average Bonchev–Trinajstić information content (AvgIpc) is 2.23. The molecule has 0 rings (SSSR count). The van der Waals surface area contributed by atoms with Crippen LogP contribution in [0.1, 0.15) is 51.9 Å². The molecular weight excluding hydrogens is 208 g/mol. The van der Waals surface area contributed by atoms with Crippen LogP contribution in [0.5, 0.6) is 0 Å². The average molecular weight is 230 g/mol. The number of allylic oxidation sites excluding steroid dienone is 1. The Kier molecular flexibility index (Phi) is 14.6. The van der Waals surface area contributed by atoms with Crippen molar-refractivity contribution in [1.29, 1.82) is 0 Å². The fraction of sp³-hybridized carbons (Fsp3) is 0.667. The molecule has 0 radical (unpaired) electrons. The molecule has 0 atom stereocenters. The van der Waals surface area contributed by atoms with Gasteiger partial charge in [-0.1, -0.05) is 32.3 Å². The van der Waals surface area contributed by atoms with Crippen molar-refractivity contribution in [1.82, 2.24) is 0 Å². The summed E-state index contributed by atoms with van der Waals surface area (Å²) in [5.74, 6) is -2.15. The third-order valence-electron chi connectivity index (χ3n) is 1.81. The van der Waals surface area contributed by atoms with Crippen LogP contribution < -0.4 is 0 Å². The summed E-state index contributed by atoms with van der Waals surface area (Å²) in [5, 5.41) is 15.8. The zero-order valence-electron chi connectivity index (χ0n) is 9.95. The SMILES string of the molecule is C=CCCCCCC.O=C(O)CCC(=O)O. The van der Waals surface area contributed by atoms with E-state index in [1.807, 2.05) is 6.08 Å². The molecule has 0 saturated heterocycles. The van der Waals surface area contributed by atoms with Crippen LogP contribution in [0, 0.1) is 0 Å². The maximum atomic E-state index is 9.64. The molecule has 0 aromatic rings. The monoisotopic (exact) mass is 230 g/mol. The minimum absolute atomic E-state index is 0.296. The molecule has 0 aliphatic heterocycles. The van der Waals surface area contributed by atoms with Gasteiger partial charge in [-0.2, -0.15) is 0 Å². The number of aliphatic carboxylic acids is 2. The van der Waals surface area contributed by atoms with Crippen molar-refractivity contribution in [3.8, 4) is 0 Å². The number of carboxylic acid groups (broad SMARTS) is 2. The van der Waals surface area contributed by atoms with E-state index in [2.05, 4.69) is 13.5 Å². The summed E-state index contributed by atoms with van der Waals surface area (Å²) in [4.78, 5) is 19.3. The molecule has 4 heteroatoms. The van der Waals surface area contributed by atoms with E-state index in [-0.39, 0.29) is 12.8 Å². The molecule has 0 amide bonds. The fourth-order valence-electron chi connectivity index (χ4n) is 0.929. The zero-order chi connectivity index (χ0) is 12.8. The molecule has 0 aliphatic rings. The topological polar surface area (TPSA) is 74.6 Å². The standard InChI is InChI=1S/C8H16.C4H6O4/c1-3-5-7-8-6-4-2;5-3(6)1-2-4(7)8/h3H,1,4-8H2,2H3;1-2H2,(H,5,6)(H,7,8). The molecule has 94 valence electrons. The highest BCUT2D eigenvalue weighted by Gasteiger charge is 2.00. The van der Waals surface area contributed by atoms with Gasteiger partial charge in [-0.05, 0) is 12.8 Å². The van der Waals surface area contributed by atoms with E-state index in [4.69, 9.17) is 10.2 Å². The van der Waals surface area contributed by atoms with Gasteiger partial charge < -0.3 is 10.2 Å².